The minimum absolute atomic E-state index is 0.338. The molecule has 4 nitrogen and oxygen atoms in total. The van der Waals surface area contributed by atoms with Gasteiger partial charge in [0.15, 0.2) is 0 Å². The zero-order valence-electron chi connectivity index (χ0n) is 10.6. The van der Waals surface area contributed by atoms with Gasteiger partial charge in [-0.3, -0.25) is 4.79 Å². The normalized spacial score (nSPS) is 10.2. The molecule has 1 amide bonds. The quantitative estimate of drug-likeness (QED) is 0.882. The fourth-order valence-corrected chi connectivity index (χ4v) is 2.36. The molecule has 0 unspecified atom stereocenters. The Morgan fingerprint density at radius 2 is 2.21 bits per heavy atom. The van der Waals surface area contributed by atoms with Crippen molar-refractivity contribution in [2.75, 3.05) is 13.7 Å². The van der Waals surface area contributed by atoms with Gasteiger partial charge in [-0.2, -0.15) is 0 Å². The first-order chi connectivity index (χ1) is 9.20. The molecule has 2 aromatic rings. The van der Waals surface area contributed by atoms with Gasteiger partial charge in [0.25, 0.3) is 5.91 Å². The van der Waals surface area contributed by atoms with E-state index < -0.39 is 5.91 Å². The molecular formula is C14H15NO3S. The number of amides is 1. The molecule has 19 heavy (non-hydrogen) atoms. The Morgan fingerprint density at radius 1 is 1.37 bits per heavy atom. The van der Waals surface area contributed by atoms with E-state index in [1.165, 1.54) is 12.0 Å². The van der Waals surface area contributed by atoms with Crippen molar-refractivity contribution in [2.45, 2.75) is 6.42 Å². The van der Waals surface area contributed by atoms with Crippen molar-refractivity contribution >= 4 is 17.2 Å². The first-order valence-corrected chi connectivity index (χ1v) is 6.71. The van der Waals surface area contributed by atoms with Gasteiger partial charge in [0.05, 0.1) is 19.3 Å². The third kappa shape index (κ3) is 3.48. The summed E-state index contributed by atoms with van der Waals surface area (Å²) in [5, 5.41) is 2.03. The third-order valence-corrected chi connectivity index (χ3v) is 3.57. The summed E-state index contributed by atoms with van der Waals surface area (Å²) in [4.78, 5) is 12.6. The van der Waals surface area contributed by atoms with Crippen LogP contribution in [0.1, 0.15) is 15.2 Å². The number of nitrogens with two attached hydrogens (primary N) is 1. The van der Waals surface area contributed by atoms with Gasteiger partial charge in [0.2, 0.25) is 0 Å². The van der Waals surface area contributed by atoms with E-state index in [9.17, 15) is 4.79 Å². The first kappa shape index (κ1) is 13.4. The third-order valence-electron chi connectivity index (χ3n) is 2.64. The number of benzene rings is 1. The van der Waals surface area contributed by atoms with Gasteiger partial charge >= 0.3 is 0 Å². The van der Waals surface area contributed by atoms with E-state index in [0.717, 1.165) is 6.42 Å². The van der Waals surface area contributed by atoms with Crippen LogP contribution in [0.5, 0.6) is 11.5 Å². The van der Waals surface area contributed by atoms with Crippen molar-refractivity contribution < 1.29 is 14.3 Å². The van der Waals surface area contributed by atoms with Crippen LogP contribution in [0.3, 0.4) is 0 Å². The Hall–Kier alpha value is -2.01. The van der Waals surface area contributed by atoms with Gasteiger partial charge in [0.1, 0.15) is 11.5 Å². The molecule has 2 rings (SSSR count). The number of hydrogen-bond donors (Lipinski definition) is 1. The molecule has 5 heteroatoms. The summed E-state index contributed by atoms with van der Waals surface area (Å²) in [7, 11) is 1.54. The summed E-state index contributed by atoms with van der Waals surface area (Å²) in [5.41, 5.74) is 5.67. The maximum Gasteiger partial charge on any atom is 0.252 e. The lowest BCUT2D eigenvalue weighted by atomic mass is 10.2. The molecule has 1 heterocycles. The zero-order valence-corrected chi connectivity index (χ0v) is 11.4. The Morgan fingerprint density at radius 3 is 2.84 bits per heavy atom. The molecule has 100 valence electrons. The molecule has 0 saturated carbocycles. The highest BCUT2D eigenvalue weighted by atomic mass is 32.1. The van der Waals surface area contributed by atoms with Crippen molar-refractivity contribution in [2.24, 2.45) is 5.73 Å². The predicted octanol–water partition coefficient (Wildman–Crippen LogP) is 2.48. The molecule has 0 aliphatic heterocycles. The van der Waals surface area contributed by atoms with Crippen molar-refractivity contribution in [1.82, 2.24) is 0 Å². The standard InChI is InChI=1S/C14H15NO3S/c1-17-10-4-5-13(12(9-10)14(15)16)18-7-6-11-3-2-8-19-11/h2-5,8-9H,6-7H2,1H3,(H2,15,16). The van der Waals surface area contributed by atoms with E-state index in [2.05, 4.69) is 6.07 Å². The number of carbonyl (C=O) groups is 1. The van der Waals surface area contributed by atoms with Crippen molar-refractivity contribution in [3.05, 3.63) is 46.2 Å². The molecule has 0 fully saturated rings. The van der Waals surface area contributed by atoms with Crippen LogP contribution in [-0.2, 0) is 6.42 Å². The van der Waals surface area contributed by atoms with Crippen molar-refractivity contribution in [3.8, 4) is 11.5 Å². The van der Waals surface area contributed by atoms with Crippen LogP contribution in [0.2, 0.25) is 0 Å². The zero-order chi connectivity index (χ0) is 13.7. The van der Waals surface area contributed by atoms with Crippen LogP contribution in [0.25, 0.3) is 0 Å². The van der Waals surface area contributed by atoms with E-state index in [0.29, 0.717) is 23.7 Å². The lowest BCUT2D eigenvalue weighted by Crippen LogP contribution is -2.14. The van der Waals surface area contributed by atoms with Crippen LogP contribution >= 0.6 is 11.3 Å². The number of rotatable bonds is 6. The lowest BCUT2D eigenvalue weighted by molar-refractivity contribution is 0.0996. The molecule has 0 spiro atoms. The average Bonchev–Trinajstić information content (AvgIpc) is 2.92. The van der Waals surface area contributed by atoms with Crippen molar-refractivity contribution in [3.63, 3.8) is 0 Å². The highest BCUT2D eigenvalue weighted by Gasteiger charge is 2.11. The van der Waals surface area contributed by atoms with E-state index >= 15 is 0 Å². The van der Waals surface area contributed by atoms with Crippen LogP contribution in [0.4, 0.5) is 0 Å². The van der Waals surface area contributed by atoms with Crippen LogP contribution in [0, 0.1) is 0 Å². The fraction of sp³-hybridized carbons (Fsp3) is 0.214. The van der Waals surface area contributed by atoms with Gasteiger partial charge in [-0.05, 0) is 29.6 Å². The van der Waals surface area contributed by atoms with E-state index in [1.54, 1.807) is 29.5 Å². The fourth-order valence-electron chi connectivity index (χ4n) is 1.67. The number of hydrogen-bond acceptors (Lipinski definition) is 4. The SMILES string of the molecule is COc1ccc(OCCc2cccs2)c(C(N)=O)c1. The topological polar surface area (TPSA) is 61.6 Å². The number of primary amides is 1. The molecule has 0 bridgehead atoms. The number of ether oxygens (including phenoxy) is 2. The summed E-state index contributed by atoms with van der Waals surface area (Å²) in [6, 6.07) is 9.09. The monoisotopic (exact) mass is 277 g/mol. The number of thiophene rings is 1. The smallest absolute Gasteiger partial charge is 0.252 e. The van der Waals surface area contributed by atoms with E-state index in [-0.39, 0.29) is 0 Å². The van der Waals surface area contributed by atoms with Crippen LogP contribution in [0.15, 0.2) is 35.7 Å². The molecule has 0 atom stereocenters. The van der Waals surface area contributed by atoms with E-state index in [4.69, 9.17) is 15.2 Å². The highest BCUT2D eigenvalue weighted by Crippen LogP contribution is 2.24. The van der Waals surface area contributed by atoms with Gasteiger partial charge in [-0.1, -0.05) is 6.07 Å². The first-order valence-electron chi connectivity index (χ1n) is 5.83. The second-order valence-electron chi connectivity index (χ2n) is 3.90. The molecule has 2 N–H and O–H groups in total. The molecule has 1 aromatic carbocycles. The predicted molar refractivity (Wildman–Crippen MR) is 75.0 cm³/mol. The Kier molecular flexibility index (Phi) is 4.41. The minimum atomic E-state index is -0.523. The summed E-state index contributed by atoms with van der Waals surface area (Å²) < 4.78 is 10.7. The summed E-state index contributed by atoms with van der Waals surface area (Å²) in [6.07, 6.45) is 0.807. The minimum Gasteiger partial charge on any atom is -0.497 e. The van der Waals surface area contributed by atoms with Crippen molar-refractivity contribution in [1.29, 1.82) is 0 Å². The highest BCUT2D eigenvalue weighted by molar-refractivity contribution is 7.09. The maximum atomic E-state index is 11.4. The molecule has 0 radical (unpaired) electrons. The average molecular weight is 277 g/mol. The van der Waals surface area contributed by atoms with Crippen LogP contribution < -0.4 is 15.2 Å². The Bertz CT molecular complexity index is 552. The molecule has 0 aliphatic carbocycles. The van der Waals surface area contributed by atoms with Gasteiger partial charge in [-0.25, -0.2) is 0 Å². The maximum absolute atomic E-state index is 11.4. The lowest BCUT2D eigenvalue weighted by Gasteiger charge is -2.10. The van der Waals surface area contributed by atoms with Crippen LogP contribution in [-0.4, -0.2) is 19.6 Å². The summed E-state index contributed by atoms with van der Waals surface area (Å²) in [5.74, 6) is 0.550. The summed E-state index contributed by atoms with van der Waals surface area (Å²) in [6.45, 7) is 0.507. The Labute approximate surface area is 115 Å². The molecule has 1 aromatic heterocycles. The molecule has 0 aliphatic rings. The Balaban J connectivity index is 2.04. The second-order valence-corrected chi connectivity index (χ2v) is 4.94. The van der Waals surface area contributed by atoms with Gasteiger partial charge in [-0.15, -0.1) is 11.3 Å². The second kappa shape index (κ2) is 6.24. The molecular weight excluding hydrogens is 262 g/mol. The number of carbonyl (C=O) groups excluding carboxylic acids is 1. The van der Waals surface area contributed by atoms with Gasteiger partial charge < -0.3 is 15.2 Å². The van der Waals surface area contributed by atoms with E-state index in [1.807, 2.05) is 11.4 Å². The largest absolute Gasteiger partial charge is 0.497 e. The summed E-state index contributed by atoms with van der Waals surface area (Å²) >= 11 is 1.68. The van der Waals surface area contributed by atoms with Gasteiger partial charge in [0, 0.05) is 11.3 Å². The molecule has 0 saturated heterocycles. The number of methoxy groups -OCH3 is 1.